The van der Waals surface area contributed by atoms with Gasteiger partial charge in [-0.25, -0.2) is 4.79 Å². The second-order valence-corrected chi connectivity index (χ2v) is 9.42. The first kappa shape index (κ1) is 23.4. The van der Waals surface area contributed by atoms with Crippen LogP contribution in [0.5, 0.6) is 5.75 Å². The van der Waals surface area contributed by atoms with Crippen molar-refractivity contribution in [3.63, 3.8) is 0 Å². The number of amides is 1. The number of carbonyl (C=O) groups excluding carboxylic acids is 1. The third kappa shape index (κ3) is 5.75. The number of ether oxygens (including phenoxy) is 2. The Balaban J connectivity index is 1.50. The molecule has 1 fully saturated rings. The summed E-state index contributed by atoms with van der Waals surface area (Å²) in [6.45, 7) is 6.97. The minimum Gasteiger partial charge on any atom is -0.488 e. The van der Waals surface area contributed by atoms with Crippen molar-refractivity contribution in [2.45, 2.75) is 45.4 Å². The molecule has 1 saturated heterocycles. The molecule has 8 heteroatoms. The van der Waals surface area contributed by atoms with E-state index in [2.05, 4.69) is 5.10 Å². The lowest BCUT2D eigenvalue weighted by molar-refractivity contribution is -0.136. The number of carbonyl (C=O) groups is 2. The number of aromatic nitrogens is 2. The van der Waals surface area contributed by atoms with E-state index < -0.39 is 11.6 Å². The van der Waals surface area contributed by atoms with Crippen LogP contribution in [0.4, 0.5) is 4.79 Å². The fraction of sp³-hybridized carbons (Fsp3) is 0.346. The van der Waals surface area contributed by atoms with E-state index >= 15 is 0 Å². The highest BCUT2D eigenvalue weighted by molar-refractivity contribution is 5.74. The minimum absolute atomic E-state index is 0.0529. The molecule has 1 amide bonds. The van der Waals surface area contributed by atoms with E-state index in [-0.39, 0.29) is 18.6 Å². The van der Waals surface area contributed by atoms with Crippen molar-refractivity contribution in [3.8, 4) is 16.9 Å². The van der Waals surface area contributed by atoms with E-state index in [1.807, 2.05) is 74.1 Å². The summed E-state index contributed by atoms with van der Waals surface area (Å²) in [5.41, 5.74) is 2.80. The van der Waals surface area contributed by atoms with Crippen molar-refractivity contribution in [2.75, 3.05) is 13.1 Å². The number of aliphatic carboxylic acids is 1. The monoisotopic (exact) mass is 463 g/mol. The molecule has 0 bridgehead atoms. The number of benzene rings is 2. The second kappa shape index (κ2) is 9.59. The topological polar surface area (TPSA) is 93.9 Å². The highest BCUT2D eigenvalue weighted by Crippen LogP contribution is 2.33. The Morgan fingerprint density at radius 2 is 1.82 bits per heavy atom. The van der Waals surface area contributed by atoms with Crippen LogP contribution >= 0.6 is 0 Å². The Kier molecular flexibility index (Phi) is 6.58. The maximum Gasteiger partial charge on any atom is 0.410 e. The average molecular weight is 464 g/mol. The molecule has 0 aliphatic carbocycles. The fourth-order valence-electron chi connectivity index (χ4n) is 3.72. The van der Waals surface area contributed by atoms with Crippen LogP contribution < -0.4 is 4.74 Å². The molecule has 1 aliphatic heterocycles. The van der Waals surface area contributed by atoms with Crippen LogP contribution in [0, 0.1) is 0 Å². The Labute approximate surface area is 198 Å². The molecule has 0 atom stereocenters. The predicted octanol–water partition coefficient (Wildman–Crippen LogP) is 4.55. The van der Waals surface area contributed by atoms with Gasteiger partial charge in [-0.2, -0.15) is 5.10 Å². The number of nitrogens with zero attached hydrogens (tertiary/aromatic N) is 3. The average Bonchev–Trinajstić information content (AvgIpc) is 3.20. The number of carboxylic acid groups (broad SMARTS) is 1. The summed E-state index contributed by atoms with van der Waals surface area (Å²) in [5, 5.41) is 13.7. The van der Waals surface area contributed by atoms with Crippen molar-refractivity contribution >= 4 is 12.1 Å². The highest BCUT2D eigenvalue weighted by atomic mass is 16.6. The second-order valence-electron chi connectivity index (χ2n) is 9.42. The van der Waals surface area contributed by atoms with Gasteiger partial charge >= 0.3 is 12.1 Å². The zero-order chi connectivity index (χ0) is 24.3. The van der Waals surface area contributed by atoms with E-state index in [1.165, 1.54) is 0 Å². The lowest BCUT2D eigenvalue weighted by Crippen LogP contribution is -2.52. The van der Waals surface area contributed by atoms with Gasteiger partial charge in [-0.05, 0) is 44.0 Å². The fourth-order valence-corrected chi connectivity index (χ4v) is 3.72. The molecule has 178 valence electrons. The molecule has 1 aliphatic rings. The van der Waals surface area contributed by atoms with Crippen LogP contribution in [-0.4, -0.2) is 50.5 Å². The van der Waals surface area contributed by atoms with Gasteiger partial charge in [-0.1, -0.05) is 36.4 Å². The standard InChI is InChI=1S/C26H29N3O5/c1-26(2,3)34-25(32)28-15-21(16-28)29-14-20(13-27-29)22-11-19(12-24(30)31)9-10-23(22)33-17-18-7-5-4-6-8-18/h4-11,13-14,21H,12,15-17H2,1-3H3,(H,30,31). The van der Waals surface area contributed by atoms with Gasteiger partial charge in [0.15, 0.2) is 0 Å². The third-order valence-corrected chi connectivity index (χ3v) is 5.44. The molecule has 0 radical (unpaired) electrons. The largest absolute Gasteiger partial charge is 0.488 e. The SMILES string of the molecule is CC(C)(C)OC(=O)N1CC(n2cc(-c3cc(CC(=O)O)ccc3OCc3ccccc3)cn2)C1. The summed E-state index contributed by atoms with van der Waals surface area (Å²) in [7, 11) is 0. The van der Waals surface area contributed by atoms with Crippen LogP contribution in [0.3, 0.4) is 0 Å². The normalized spacial score (nSPS) is 13.9. The molecular weight excluding hydrogens is 434 g/mol. The van der Waals surface area contributed by atoms with Gasteiger partial charge < -0.3 is 19.5 Å². The Hall–Kier alpha value is -3.81. The molecule has 0 spiro atoms. The van der Waals surface area contributed by atoms with E-state index in [9.17, 15) is 14.7 Å². The number of rotatable bonds is 7. The van der Waals surface area contributed by atoms with Gasteiger partial charge in [0.05, 0.1) is 18.7 Å². The van der Waals surface area contributed by atoms with E-state index in [1.54, 1.807) is 17.2 Å². The van der Waals surface area contributed by atoms with E-state index in [0.29, 0.717) is 31.0 Å². The van der Waals surface area contributed by atoms with Crippen molar-refractivity contribution in [2.24, 2.45) is 0 Å². The summed E-state index contributed by atoms with van der Waals surface area (Å²) in [6.07, 6.45) is 3.25. The van der Waals surface area contributed by atoms with Gasteiger partial charge in [-0.15, -0.1) is 0 Å². The molecule has 3 aromatic rings. The molecule has 1 aromatic heterocycles. The molecule has 8 nitrogen and oxygen atoms in total. The van der Waals surface area contributed by atoms with Crippen LogP contribution in [0.25, 0.3) is 11.1 Å². The maximum atomic E-state index is 12.2. The summed E-state index contributed by atoms with van der Waals surface area (Å²) < 4.78 is 13.3. The Bertz CT molecular complexity index is 1160. The first-order valence-corrected chi connectivity index (χ1v) is 11.2. The Morgan fingerprint density at radius 3 is 2.50 bits per heavy atom. The molecule has 4 rings (SSSR count). The number of hydrogen-bond donors (Lipinski definition) is 1. The smallest absolute Gasteiger partial charge is 0.410 e. The van der Waals surface area contributed by atoms with Crippen molar-refractivity contribution in [1.29, 1.82) is 0 Å². The van der Waals surface area contributed by atoms with E-state index in [4.69, 9.17) is 9.47 Å². The number of hydrogen-bond acceptors (Lipinski definition) is 5. The van der Waals surface area contributed by atoms with Crippen molar-refractivity contribution in [3.05, 3.63) is 72.1 Å². The lowest BCUT2D eigenvalue weighted by Gasteiger charge is -2.39. The summed E-state index contributed by atoms with van der Waals surface area (Å²) >= 11 is 0. The molecule has 0 unspecified atom stereocenters. The van der Waals surface area contributed by atoms with Crippen molar-refractivity contribution < 1.29 is 24.2 Å². The van der Waals surface area contributed by atoms with Crippen molar-refractivity contribution in [1.82, 2.24) is 14.7 Å². The minimum atomic E-state index is -0.892. The van der Waals surface area contributed by atoms with Gasteiger partial charge in [-0.3, -0.25) is 9.48 Å². The molecule has 1 N–H and O–H groups in total. The zero-order valence-corrected chi connectivity index (χ0v) is 19.6. The third-order valence-electron chi connectivity index (χ3n) is 5.44. The predicted molar refractivity (Wildman–Crippen MR) is 127 cm³/mol. The molecule has 2 aromatic carbocycles. The quantitative estimate of drug-likeness (QED) is 0.553. The molecule has 2 heterocycles. The van der Waals surface area contributed by atoms with Crippen LogP contribution in [-0.2, 0) is 22.6 Å². The van der Waals surface area contributed by atoms with Gasteiger partial charge in [0.1, 0.15) is 18.0 Å². The highest BCUT2D eigenvalue weighted by Gasteiger charge is 2.35. The maximum absolute atomic E-state index is 12.2. The van der Waals surface area contributed by atoms with E-state index in [0.717, 1.165) is 16.7 Å². The Morgan fingerprint density at radius 1 is 1.09 bits per heavy atom. The number of likely N-dealkylation sites (tertiary alicyclic amines) is 1. The van der Waals surface area contributed by atoms with Crippen LogP contribution in [0.2, 0.25) is 0 Å². The van der Waals surface area contributed by atoms with Gasteiger partial charge in [0.2, 0.25) is 0 Å². The first-order chi connectivity index (χ1) is 16.2. The van der Waals surface area contributed by atoms with Gasteiger partial charge in [0.25, 0.3) is 0 Å². The first-order valence-electron chi connectivity index (χ1n) is 11.2. The summed E-state index contributed by atoms with van der Waals surface area (Å²) in [4.78, 5) is 25.1. The molecular formula is C26H29N3O5. The summed E-state index contributed by atoms with van der Waals surface area (Å²) in [6, 6.07) is 15.3. The van der Waals surface area contributed by atoms with Gasteiger partial charge in [0, 0.05) is 30.4 Å². The van der Waals surface area contributed by atoms with Crippen LogP contribution in [0.15, 0.2) is 60.9 Å². The summed E-state index contributed by atoms with van der Waals surface area (Å²) in [5.74, 6) is -0.238. The molecule has 34 heavy (non-hydrogen) atoms. The zero-order valence-electron chi connectivity index (χ0n) is 19.6. The van der Waals surface area contributed by atoms with Crippen LogP contribution in [0.1, 0.15) is 37.9 Å². The molecule has 0 saturated carbocycles. The number of carboxylic acids is 1. The lowest BCUT2D eigenvalue weighted by atomic mass is 10.0.